The predicted molar refractivity (Wildman–Crippen MR) is 73.2 cm³/mol. The summed E-state index contributed by atoms with van der Waals surface area (Å²) in [6.07, 6.45) is 10.0. The van der Waals surface area contributed by atoms with E-state index in [2.05, 4.69) is 25.8 Å². The Kier molecular flexibility index (Phi) is 4.80. The smallest absolute Gasteiger partial charge is 0.0606 e. The molecule has 0 unspecified atom stereocenters. The van der Waals surface area contributed by atoms with Gasteiger partial charge in [0.05, 0.1) is 16.8 Å². The lowest BCUT2D eigenvalue weighted by atomic mass is 9.94. The summed E-state index contributed by atoms with van der Waals surface area (Å²) in [7, 11) is 0. The standard InChI is InChI=1S/C13H19BrN2O/c14-12-10-15-7-6-13(12)16(8-9-17)11-4-2-1-3-5-11/h6-7,10-11,17H,1-5,8-9H2. The van der Waals surface area contributed by atoms with E-state index >= 15 is 0 Å². The van der Waals surface area contributed by atoms with E-state index < -0.39 is 0 Å². The molecule has 0 saturated heterocycles. The predicted octanol–water partition coefficient (Wildman–Crippen LogP) is 2.98. The van der Waals surface area contributed by atoms with Gasteiger partial charge in [-0.2, -0.15) is 0 Å². The Morgan fingerprint density at radius 2 is 2.12 bits per heavy atom. The summed E-state index contributed by atoms with van der Waals surface area (Å²) in [5.41, 5.74) is 1.15. The minimum atomic E-state index is 0.200. The van der Waals surface area contributed by atoms with Gasteiger partial charge < -0.3 is 10.0 Å². The van der Waals surface area contributed by atoms with Crippen LogP contribution < -0.4 is 4.90 Å². The highest BCUT2D eigenvalue weighted by Crippen LogP contribution is 2.31. The number of pyridine rings is 1. The molecule has 3 nitrogen and oxygen atoms in total. The SMILES string of the molecule is OCCN(c1ccncc1Br)C1CCCCC1. The first kappa shape index (κ1) is 12.8. The van der Waals surface area contributed by atoms with Crippen molar-refractivity contribution in [3.63, 3.8) is 0 Å². The molecule has 0 radical (unpaired) electrons. The molecule has 0 aromatic carbocycles. The number of hydrogen-bond donors (Lipinski definition) is 1. The first-order valence-corrected chi connectivity index (χ1v) is 7.09. The third kappa shape index (κ3) is 3.19. The second-order valence-corrected chi connectivity index (χ2v) is 5.39. The van der Waals surface area contributed by atoms with Crippen LogP contribution in [0.5, 0.6) is 0 Å². The van der Waals surface area contributed by atoms with Crippen molar-refractivity contribution in [2.45, 2.75) is 38.1 Å². The summed E-state index contributed by atoms with van der Waals surface area (Å²) in [5, 5.41) is 9.25. The van der Waals surface area contributed by atoms with E-state index in [1.807, 2.05) is 18.5 Å². The second-order valence-electron chi connectivity index (χ2n) is 4.54. The highest BCUT2D eigenvalue weighted by molar-refractivity contribution is 9.10. The van der Waals surface area contributed by atoms with E-state index in [0.29, 0.717) is 12.6 Å². The number of halogens is 1. The van der Waals surface area contributed by atoms with Crippen LogP contribution in [0.2, 0.25) is 0 Å². The van der Waals surface area contributed by atoms with E-state index in [0.717, 1.165) is 10.2 Å². The maximum atomic E-state index is 9.25. The largest absolute Gasteiger partial charge is 0.395 e. The average molecular weight is 299 g/mol. The molecule has 1 aromatic heterocycles. The maximum absolute atomic E-state index is 9.25. The van der Waals surface area contributed by atoms with E-state index in [9.17, 15) is 5.11 Å². The molecule has 4 heteroatoms. The van der Waals surface area contributed by atoms with E-state index in [4.69, 9.17) is 0 Å². The van der Waals surface area contributed by atoms with Crippen molar-refractivity contribution in [3.8, 4) is 0 Å². The topological polar surface area (TPSA) is 36.4 Å². The molecule has 1 heterocycles. The van der Waals surface area contributed by atoms with Gasteiger partial charge in [-0.3, -0.25) is 4.98 Å². The summed E-state index contributed by atoms with van der Waals surface area (Å²) in [5.74, 6) is 0. The summed E-state index contributed by atoms with van der Waals surface area (Å²) < 4.78 is 1.01. The molecule has 1 aliphatic rings. The third-order valence-electron chi connectivity index (χ3n) is 3.42. The lowest BCUT2D eigenvalue weighted by Gasteiger charge is -2.36. The van der Waals surface area contributed by atoms with Crippen LogP contribution in [0, 0.1) is 0 Å². The van der Waals surface area contributed by atoms with Crippen LogP contribution in [0.25, 0.3) is 0 Å². The first-order chi connectivity index (χ1) is 8.33. The Bertz CT molecular complexity index is 353. The van der Waals surface area contributed by atoms with Crippen LogP contribution >= 0.6 is 15.9 Å². The van der Waals surface area contributed by atoms with Crippen molar-refractivity contribution in [1.82, 2.24) is 4.98 Å². The molecule has 2 rings (SSSR count). The van der Waals surface area contributed by atoms with Gasteiger partial charge in [0.15, 0.2) is 0 Å². The Morgan fingerprint density at radius 1 is 1.35 bits per heavy atom. The van der Waals surface area contributed by atoms with Gasteiger partial charge in [0.25, 0.3) is 0 Å². The number of hydrogen-bond acceptors (Lipinski definition) is 3. The van der Waals surface area contributed by atoms with Crippen molar-refractivity contribution < 1.29 is 5.11 Å². The van der Waals surface area contributed by atoms with Crippen LogP contribution in [0.3, 0.4) is 0 Å². The van der Waals surface area contributed by atoms with E-state index in [-0.39, 0.29) is 6.61 Å². The van der Waals surface area contributed by atoms with Crippen molar-refractivity contribution in [2.24, 2.45) is 0 Å². The van der Waals surface area contributed by atoms with Crippen molar-refractivity contribution in [1.29, 1.82) is 0 Å². The molecule has 1 fully saturated rings. The average Bonchev–Trinajstić information content (AvgIpc) is 2.38. The summed E-state index contributed by atoms with van der Waals surface area (Å²) in [6.45, 7) is 0.901. The first-order valence-electron chi connectivity index (χ1n) is 6.30. The monoisotopic (exact) mass is 298 g/mol. The number of anilines is 1. The zero-order chi connectivity index (χ0) is 12.1. The van der Waals surface area contributed by atoms with Crippen molar-refractivity contribution >= 4 is 21.6 Å². The van der Waals surface area contributed by atoms with Gasteiger partial charge in [0.1, 0.15) is 0 Å². The van der Waals surface area contributed by atoms with Crippen molar-refractivity contribution in [3.05, 3.63) is 22.9 Å². The van der Waals surface area contributed by atoms with Crippen LogP contribution in [0.1, 0.15) is 32.1 Å². The fourth-order valence-electron chi connectivity index (χ4n) is 2.60. The number of aromatic nitrogens is 1. The normalized spacial score (nSPS) is 17.1. The van der Waals surface area contributed by atoms with Gasteiger partial charge in [0.2, 0.25) is 0 Å². The number of aliphatic hydroxyl groups excluding tert-OH is 1. The molecule has 0 spiro atoms. The van der Waals surface area contributed by atoms with Crippen LogP contribution in [-0.2, 0) is 0 Å². The van der Waals surface area contributed by atoms with Gasteiger partial charge in [-0.05, 0) is 34.8 Å². The molecule has 0 aliphatic heterocycles. The van der Waals surface area contributed by atoms with Gasteiger partial charge in [0, 0.05) is 25.0 Å². The minimum Gasteiger partial charge on any atom is -0.395 e. The molecule has 0 bridgehead atoms. The molecule has 1 aliphatic carbocycles. The molecule has 17 heavy (non-hydrogen) atoms. The Labute approximate surface area is 111 Å². The molecular formula is C13H19BrN2O. The molecule has 1 saturated carbocycles. The van der Waals surface area contributed by atoms with Gasteiger partial charge in [-0.25, -0.2) is 0 Å². The molecule has 0 atom stereocenters. The summed E-state index contributed by atoms with van der Waals surface area (Å²) in [6, 6.07) is 2.59. The minimum absolute atomic E-state index is 0.200. The Hall–Kier alpha value is -0.610. The van der Waals surface area contributed by atoms with Crippen LogP contribution in [-0.4, -0.2) is 29.3 Å². The zero-order valence-corrected chi connectivity index (χ0v) is 11.6. The molecular weight excluding hydrogens is 280 g/mol. The second kappa shape index (κ2) is 6.36. The van der Waals surface area contributed by atoms with E-state index in [1.165, 1.54) is 32.1 Å². The molecule has 0 amide bonds. The van der Waals surface area contributed by atoms with Crippen molar-refractivity contribution in [2.75, 3.05) is 18.1 Å². The Balaban J connectivity index is 2.18. The quantitative estimate of drug-likeness (QED) is 0.928. The fraction of sp³-hybridized carbons (Fsp3) is 0.615. The van der Waals surface area contributed by atoms with Gasteiger partial charge in [-0.1, -0.05) is 19.3 Å². The molecule has 94 valence electrons. The summed E-state index contributed by atoms with van der Waals surface area (Å²) in [4.78, 5) is 6.42. The highest BCUT2D eigenvalue weighted by atomic mass is 79.9. The van der Waals surface area contributed by atoms with Gasteiger partial charge >= 0.3 is 0 Å². The third-order valence-corrected chi connectivity index (χ3v) is 4.03. The lowest BCUT2D eigenvalue weighted by molar-refractivity contribution is 0.290. The highest BCUT2D eigenvalue weighted by Gasteiger charge is 2.22. The maximum Gasteiger partial charge on any atom is 0.0606 e. The summed E-state index contributed by atoms with van der Waals surface area (Å²) >= 11 is 3.55. The molecule has 1 aromatic rings. The van der Waals surface area contributed by atoms with Gasteiger partial charge in [-0.15, -0.1) is 0 Å². The number of nitrogens with zero attached hydrogens (tertiary/aromatic N) is 2. The van der Waals surface area contributed by atoms with Crippen LogP contribution in [0.15, 0.2) is 22.9 Å². The molecule has 1 N–H and O–H groups in total. The zero-order valence-electron chi connectivity index (χ0n) is 9.98. The number of aliphatic hydroxyl groups is 1. The van der Waals surface area contributed by atoms with E-state index in [1.54, 1.807) is 0 Å². The lowest BCUT2D eigenvalue weighted by Crippen LogP contribution is -2.39. The number of rotatable bonds is 4. The Morgan fingerprint density at radius 3 is 2.76 bits per heavy atom. The fourth-order valence-corrected chi connectivity index (χ4v) is 3.08. The van der Waals surface area contributed by atoms with Crippen LogP contribution in [0.4, 0.5) is 5.69 Å².